The number of rotatable bonds is 7. The van der Waals surface area contributed by atoms with Gasteiger partial charge < -0.3 is 5.32 Å². The van der Waals surface area contributed by atoms with E-state index < -0.39 is 0 Å². The van der Waals surface area contributed by atoms with Crippen LogP contribution in [-0.4, -0.2) is 48.1 Å². The van der Waals surface area contributed by atoms with E-state index >= 15 is 0 Å². The van der Waals surface area contributed by atoms with Crippen molar-refractivity contribution in [1.29, 1.82) is 0 Å². The van der Waals surface area contributed by atoms with E-state index in [-0.39, 0.29) is 0 Å². The molecule has 2 aliphatic rings. The summed E-state index contributed by atoms with van der Waals surface area (Å²) in [7, 11) is 0. The molecule has 2 unspecified atom stereocenters. The van der Waals surface area contributed by atoms with Gasteiger partial charge in [-0.25, -0.2) is 0 Å². The normalized spacial score (nSPS) is 29.7. The smallest absolute Gasteiger partial charge is 0.0244 e. The van der Waals surface area contributed by atoms with E-state index in [0.29, 0.717) is 0 Å². The van der Waals surface area contributed by atoms with Crippen LogP contribution < -0.4 is 5.32 Å². The Labute approximate surface area is 117 Å². The van der Waals surface area contributed by atoms with Crippen molar-refractivity contribution in [3.8, 4) is 0 Å². The topological polar surface area (TPSA) is 15.3 Å². The van der Waals surface area contributed by atoms with Crippen molar-refractivity contribution in [1.82, 2.24) is 10.2 Å². The molecule has 0 radical (unpaired) electrons. The summed E-state index contributed by atoms with van der Waals surface area (Å²) in [4.78, 5) is 2.74. The van der Waals surface area contributed by atoms with Crippen molar-refractivity contribution in [2.24, 2.45) is 11.8 Å². The third-order valence-electron chi connectivity index (χ3n) is 4.21. The largest absolute Gasteiger partial charge is 0.311 e. The summed E-state index contributed by atoms with van der Waals surface area (Å²) in [6, 6.07) is 1.49. The molecule has 1 N–H and O–H groups in total. The first-order valence-corrected chi connectivity index (χ1v) is 8.54. The van der Waals surface area contributed by atoms with Crippen LogP contribution in [0, 0.1) is 11.8 Å². The molecule has 1 saturated carbocycles. The van der Waals surface area contributed by atoms with Crippen LogP contribution >= 0.6 is 11.8 Å². The monoisotopic (exact) mass is 268 g/mol. The maximum Gasteiger partial charge on any atom is 0.0244 e. The van der Waals surface area contributed by atoms with E-state index in [9.17, 15) is 0 Å². The zero-order valence-electron chi connectivity index (χ0n) is 11.9. The van der Waals surface area contributed by atoms with Gasteiger partial charge in [0.15, 0.2) is 0 Å². The highest BCUT2D eigenvalue weighted by Crippen LogP contribution is 2.34. The zero-order valence-corrected chi connectivity index (χ0v) is 12.7. The van der Waals surface area contributed by atoms with Crippen molar-refractivity contribution >= 4 is 11.8 Å². The highest BCUT2D eigenvalue weighted by Gasteiger charge is 2.37. The number of nitrogens with one attached hydrogen (secondary N) is 1. The van der Waals surface area contributed by atoms with Gasteiger partial charge in [-0.3, -0.25) is 4.90 Å². The second kappa shape index (κ2) is 6.97. The van der Waals surface area contributed by atoms with Crippen LogP contribution in [0.4, 0.5) is 0 Å². The van der Waals surface area contributed by atoms with Crippen LogP contribution in [0.15, 0.2) is 12.7 Å². The van der Waals surface area contributed by atoms with Crippen molar-refractivity contribution in [2.45, 2.75) is 38.8 Å². The van der Waals surface area contributed by atoms with Crippen molar-refractivity contribution in [3.63, 3.8) is 0 Å². The van der Waals surface area contributed by atoms with E-state index in [1.165, 1.54) is 38.2 Å². The lowest BCUT2D eigenvalue weighted by Gasteiger charge is -2.42. The molecule has 1 heterocycles. The van der Waals surface area contributed by atoms with Gasteiger partial charge in [0.25, 0.3) is 0 Å². The number of thioether (sulfide) groups is 1. The second-order valence-electron chi connectivity index (χ2n) is 6.02. The predicted molar refractivity (Wildman–Crippen MR) is 82.2 cm³/mol. The molecule has 1 saturated heterocycles. The Balaban J connectivity index is 1.81. The molecule has 1 aliphatic heterocycles. The van der Waals surface area contributed by atoms with Gasteiger partial charge in [-0.05, 0) is 24.7 Å². The van der Waals surface area contributed by atoms with Gasteiger partial charge >= 0.3 is 0 Å². The Bertz CT molecular complexity index is 263. The first-order chi connectivity index (χ1) is 8.72. The molecule has 104 valence electrons. The molecule has 0 aromatic rings. The average molecular weight is 268 g/mol. The van der Waals surface area contributed by atoms with Crippen LogP contribution in [0.1, 0.15) is 26.7 Å². The van der Waals surface area contributed by atoms with Crippen molar-refractivity contribution < 1.29 is 0 Å². The molecular weight excluding hydrogens is 240 g/mol. The van der Waals surface area contributed by atoms with Crippen LogP contribution in [0.5, 0.6) is 0 Å². The maximum atomic E-state index is 3.79. The van der Waals surface area contributed by atoms with E-state index in [1.54, 1.807) is 0 Å². The van der Waals surface area contributed by atoms with Gasteiger partial charge in [0, 0.05) is 43.2 Å². The maximum absolute atomic E-state index is 3.79. The summed E-state index contributed by atoms with van der Waals surface area (Å²) < 4.78 is 0. The summed E-state index contributed by atoms with van der Waals surface area (Å²) >= 11 is 2.01. The van der Waals surface area contributed by atoms with Gasteiger partial charge in [-0.2, -0.15) is 11.8 Å². The minimum absolute atomic E-state index is 0.726. The Kier molecular flexibility index (Phi) is 5.58. The zero-order chi connectivity index (χ0) is 13.0. The van der Waals surface area contributed by atoms with Gasteiger partial charge in [0.2, 0.25) is 0 Å². The molecule has 0 aromatic carbocycles. The fourth-order valence-electron chi connectivity index (χ4n) is 2.93. The molecule has 0 spiro atoms. The number of nitrogens with zero attached hydrogens (tertiary/aromatic N) is 1. The first-order valence-electron chi connectivity index (χ1n) is 7.38. The molecule has 0 amide bonds. The molecule has 2 fully saturated rings. The minimum atomic E-state index is 0.726. The number of piperazine rings is 1. The molecule has 1 aliphatic carbocycles. The standard InChI is InChI=1S/C15H28N2S/c1-4-8-18-9-7-17-11-14(13-5-6-13)16-10-15(17)12(2)3/h4,12-16H,1,5-11H2,2-3H3. The summed E-state index contributed by atoms with van der Waals surface area (Å²) in [5.74, 6) is 4.06. The molecule has 2 rings (SSSR count). The summed E-state index contributed by atoms with van der Waals surface area (Å²) in [5.41, 5.74) is 0. The van der Waals surface area contributed by atoms with Crippen LogP contribution in [-0.2, 0) is 0 Å². The average Bonchev–Trinajstić information content (AvgIpc) is 3.18. The second-order valence-corrected chi connectivity index (χ2v) is 7.17. The summed E-state index contributed by atoms with van der Waals surface area (Å²) in [6.45, 7) is 12.2. The summed E-state index contributed by atoms with van der Waals surface area (Å²) in [6.07, 6.45) is 4.90. The molecule has 3 heteroatoms. The van der Waals surface area contributed by atoms with Crippen molar-refractivity contribution in [2.75, 3.05) is 31.1 Å². The minimum Gasteiger partial charge on any atom is -0.311 e. The lowest BCUT2D eigenvalue weighted by atomic mass is 9.97. The Morgan fingerprint density at radius 3 is 2.83 bits per heavy atom. The summed E-state index contributed by atoms with van der Waals surface area (Å²) in [5, 5.41) is 3.78. The molecule has 2 atom stereocenters. The van der Waals surface area contributed by atoms with Crippen LogP contribution in [0.3, 0.4) is 0 Å². The molecule has 0 aromatic heterocycles. The SMILES string of the molecule is C=CCSCCN1CC(C2CC2)NCC1C(C)C. The number of hydrogen-bond acceptors (Lipinski definition) is 3. The van der Waals surface area contributed by atoms with Gasteiger partial charge in [-0.1, -0.05) is 19.9 Å². The lowest BCUT2D eigenvalue weighted by molar-refractivity contribution is 0.0993. The Hall–Kier alpha value is 0.01000. The van der Waals surface area contributed by atoms with E-state index in [4.69, 9.17) is 0 Å². The Morgan fingerprint density at radius 1 is 1.44 bits per heavy atom. The first kappa shape index (κ1) is 14.4. The molecule has 0 bridgehead atoms. The Morgan fingerprint density at radius 2 is 2.22 bits per heavy atom. The van der Waals surface area contributed by atoms with E-state index in [0.717, 1.165) is 29.7 Å². The van der Waals surface area contributed by atoms with Gasteiger partial charge in [0.1, 0.15) is 0 Å². The van der Waals surface area contributed by atoms with E-state index in [2.05, 4.69) is 30.6 Å². The van der Waals surface area contributed by atoms with Crippen LogP contribution in [0.25, 0.3) is 0 Å². The van der Waals surface area contributed by atoms with E-state index in [1.807, 2.05) is 17.8 Å². The van der Waals surface area contributed by atoms with Gasteiger partial charge in [0.05, 0.1) is 0 Å². The third-order valence-corrected chi connectivity index (χ3v) is 5.15. The fourth-order valence-corrected chi connectivity index (χ4v) is 3.63. The highest BCUT2D eigenvalue weighted by molar-refractivity contribution is 7.99. The quantitative estimate of drug-likeness (QED) is 0.564. The fraction of sp³-hybridized carbons (Fsp3) is 0.867. The van der Waals surface area contributed by atoms with Crippen molar-refractivity contribution in [3.05, 3.63) is 12.7 Å². The third kappa shape index (κ3) is 4.01. The lowest BCUT2D eigenvalue weighted by Crippen LogP contribution is -2.59. The highest BCUT2D eigenvalue weighted by atomic mass is 32.2. The molecule has 18 heavy (non-hydrogen) atoms. The number of hydrogen-bond donors (Lipinski definition) is 1. The molecule has 2 nitrogen and oxygen atoms in total. The van der Waals surface area contributed by atoms with Crippen LogP contribution in [0.2, 0.25) is 0 Å². The predicted octanol–water partition coefficient (Wildman–Crippen LogP) is 2.61. The molecular formula is C15H28N2S. The van der Waals surface area contributed by atoms with Gasteiger partial charge in [-0.15, -0.1) is 6.58 Å².